The average molecular weight is 916 g/mol. The summed E-state index contributed by atoms with van der Waals surface area (Å²) in [5.41, 5.74) is 20.5. The van der Waals surface area contributed by atoms with E-state index in [2.05, 4.69) is 254 Å². The molecule has 338 valence electrons. The molecule has 0 saturated carbocycles. The third-order valence-corrected chi connectivity index (χ3v) is 20.0. The van der Waals surface area contributed by atoms with Gasteiger partial charge in [0.1, 0.15) is 0 Å². The number of rotatable bonds is 11. The molecule has 0 unspecified atom stereocenters. The molecule has 0 spiro atoms. The lowest BCUT2D eigenvalue weighted by Gasteiger charge is -2.35. The van der Waals surface area contributed by atoms with Gasteiger partial charge < -0.3 is 4.90 Å². The first-order valence-corrected chi connectivity index (χ1v) is 27.4. The first kappa shape index (κ1) is 43.5. The zero-order chi connectivity index (χ0) is 46.7. The van der Waals surface area contributed by atoms with Gasteiger partial charge in [0.2, 0.25) is 0 Å². The van der Waals surface area contributed by atoms with E-state index in [-0.39, 0.29) is 0 Å². The summed E-state index contributed by atoms with van der Waals surface area (Å²) in [6.07, 6.45) is 9.67. The van der Waals surface area contributed by atoms with Crippen molar-refractivity contribution in [2.24, 2.45) is 0 Å². The monoisotopic (exact) mass is 915 g/mol. The molecule has 70 heavy (non-hydrogen) atoms. The molecule has 0 radical (unpaired) electrons. The van der Waals surface area contributed by atoms with E-state index >= 15 is 0 Å². The first-order chi connectivity index (χ1) is 34.7. The minimum atomic E-state index is -2.70. The van der Waals surface area contributed by atoms with Gasteiger partial charge in [0.25, 0.3) is 0 Å². The maximum atomic E-state index is 2.45. The molecule has 0 heterocycles. The SMILES string of the molecule is c1ccc(-c2ccc(-c3ccc(N(c4ccc(-c5c6c(c(-c7ccccc7)c7c5CCCC7)CCCC6)cc4)c4ccc([Si](c5ccccc5)(c5ccccc5)c5ccccc5)cc4)cc3)cc2)cc1. The Balaban J connectivity index is 0.977. The lowest BCUT2D eigenvalue weighted by Crippen LogP contribution is -2.74. The Morgan fingerprint density at radius 1 is 0.229 bits per heavy atom. The van der Waals surface area contributed by atoms with Gasteiger partial charge in [-0.3, -0.25) is 0 Å². The summed E-state index contributed by atoms with van der Waals surface area (Å²) in [4.78, 5) is 2.45. The predicted molar refractivity (Wildman–Crippen MR) is 300 cm³/mol. The summed E-state index contributed by atoms with van der Waals surface area (Å²) in [6.45, 7) is 0. The Bertz CT molecular complexity index is 3220. The number of fused-ring (bicyclic) bond motifs is 2. The molecule has 10 aromatic carbocycles. The molecule has 2 heteroatoms. The molecule has 0 aliphatic heterocycles. The van der Waals surface area contributed by atoms with Crippen LogP contribution in [0.15, 0.2) is 249 Å². The van der Waals surface area contributed by atoms with E-state index in [0.717, 1.165) is 42.7 Å². The average Bonchev–Trinajstić information content (AvgIpc) is 3.45. The topological polar surface area (TPSA) is 3.24 Å². The fourth-order valence-electron chi connectivity index (χ4n) is 12.0. The molecule has 0 amide bonds. The molecule has 2 aliphatic carbocycles. The van der Waals surface area contributed by atoms with Gasteiger partial charge in [0.05, 0.1) is 0 Å². The van der Waals surface area contributed by atoms with Crippen molar-refractivity contribution in [1.82, 2.24) is 0 Å². The fraction of sp³-hybridized carbons (Fsp3) is 0.118. The van der Waals surface area contributed by atoms with Crippen molar-refractivity contribution < 1.29 is 0 Å². The highest BCUT2D eigenvalue weighted by atomic mass is 28.3. The third-order valence-electron chi connectivity index (χ3n) is 15.2. The highest BCUT2D eigenvalue weighted by Crippen LogP contribution is 2.47. The molecule has 0 aromatic heterocycles. The molecular weight excluding hydrogens is 859 g/mol. The van der Waals surface area contributed by atoms with Crippen LogP contribution in [0.5, 0.6) is 0 Å². The van der Waals surface area contributed by atoms with Gasteiger partial charge in [-0.05, 0) is 175 Å². The van der Waals surface area contributed by atoms with Crippen LogP contribution in [-0.4, -0.2) is 8.07 Å². The first-order valence-electron chi connectivity index (χ1n) is 25.4. The summed E-state index contributed by atoms with van der Waals surface area (Å²) < 4.78 is 0. The van der Waals surface area contributed by atoms with Crippen LogP contribution in [0.1, 0.15) is 47.9 Å². The smallest absolute Gasteiger partial charge is 0.179 e. The molecule has 0 N–H and O–H groups in total. The van der Waals surface area contributed by atoms with Gasteiger partial charge in [0, 0.05) is 17.1 Å². The second kappa shape index (κ2) is 19.3. The predicted octanol–water partition coefficient (Wildman–Crippen LogP) is 15.0. The minimum absolute atomic E-state index is 1.13. The lowest BCUT2D eigenvalue weighted by molar-refractivity contribution is 0.662. The van der Waals surface area contributed by atoms with E-state index in [4.69, 9.17) is 0 Å². The highest BCUT2D eigenvalue weighted by Gasteiger charge is 2.41. The molecule has 0 fully saturated rings. The van der Waals surface area contributed by atoms with Crippen LogP contribution in [0.2, 0.25) is 0 Å². The van der Waals surface area contributed by atoms with Crippen LogP contribution in [0.25, 0.3) is 44.5 Å². The Kier molecular flexibility index (Phi) is 12.0. The van der Waals surface area contributed by atoms with Crippen molar-refractivity contribution >= 4 is 45.9 Å². The van der Waals surface area contributed by atoms with Gasteiger partial charge in [-0.1, -0.05) is 212 Å². The zero-order valence-electron chi connectivity index (χ0n) is 39.8. The quantitative estimate of drug-likeness (QED) is 0.0923. The van der Waals surface area contributed by atoms with Gasteiger partial charge in [0.15, 0.2) is 8.07 Å². The zero-order valence-corrected chi connectivity index (χ0v) is 40.8. The minimum Gasteiger partial charge on any atom is -0.311 e. The molecule has 0 saturated heterocycles. The van der Waals surface area contributed by atoms with Crippen molar-refractivity contribution in [1.29, 1.82) is 0 Å². The number of anilines is 3. The highest BCUT2D eigenvalue weighted by molar-refractivity contribution is 7.19. The molecule has 10 aromatic rings. The van der Waals surface area contributed by atoms with E-state index in [1.165, 1.54) is 85.4 Å². The van der Waals surface area contributed by atoms with Crippen LogP contribution in [0.4, 0.5) is 17.1 Å². The Labute approximate surface area is 415 Å². The Morgan fingerprint density at radius 3 is 0.829 bits per heavy atom. The standard InChI is InChI=1S/C68H57NSi/c1-6-20-50(21-7-1)51-34-36-52(37-35-51)53-38-42-56(43-39-53)69(58-46-48-62(49-47-58)70(59-24-10-3-11-25-59,60-26-12-4-13-27-60)61-28-14-5-15-29-61)57-44-40-55(41-45-57)68-65-32-18-16-30-63(65)67(54-22-8-2-9-23-54)64-31-17-19-33-66(64)68/h1-15,20-29,34-49H,16-19,30-33H2. The number of hydrogen-bond donors (Lipinski definition) is 0. The number of nitrogens with zero attached hydrogens (tertiary/aromatic N) is 1. The van der Waals surface area contributed by atoms with Crippen LogP contribution >= 0.6 is 0 Å². The molecule has 0 bridgehead atoms. The molecule has 12 rings (SSSR count). The second-order valence-corrected chi connectivity index (χ2v) is 23.0. The Morgan fingerprint density at radius 2 is 0.471 bits per heavy atom. The maximum Gasteiger partial charge on any atom is 0.179 e. The van der Waals surface area contributed by atoms with E-state index < -0.39 is 8.07 Å². The fourth-order valence-corrected chi connectivity index (χ4v) is 16.8. The number of benzene rings is 10. The molecule has 2 aliphatic rings. The lowest BCUT2D eigenvalue weighted by atomic mass is 9.73. The summed E-state index contributed by atoms with van der Waals surface area (Å²) in [5.74, 6) is 0. The van der Waals surface area contributed by atoms with Gasteiger partial charge in [-0.2, -0.15) is 0 Å². The van der Waals surface area contributed by atoms with E-state index in [0.29, 0.717) is 0 Å². The normalized spacial score (nSPS) is 13.3. The van der Waals surface area contributed by atoms with Gasteiger partial charge in [-0.15, -0.1) is 0 Å². The summed E-state index contributed by atoms with van der Waals surface area (Å²) in [6, 6.07) is 92.9. The number of hydrogen-bond acceptors (Lipinski definition) is 1. The molecule has 1 nitrogen and oxygen atoms in total. The van der Waals surface area contributed by atoms with Gasteiger partial charge >= 0.3 is 0 Å². The Hall–Kier alpha value is -7.78. The van der Waals surface area contributed by atoms with Gasteiger partial charge in [-0.25, -0.2) is 0 Å². The summed E-state index contributed by atoms with van der Waals surface area (Å²) in [7, 11) is -2.70. The summed E-state index contributed by atoms with van der Waals surface area (Å²) in [5, 5.41) is 5.49. The van der Waals surface area contributed by atoms with Crippen molar-refractivity contribution in [2.75, 3.05) is 4.90 Å². The van der Waals surface area contributed by atoms with E-state index in [1.807, 2.05) is 0 Å². The molecule has 0 atom stereocenters. The van der Waals surface area contributed by atoms with Crippen molar-refractivity contribution in [3.05, 3.63) is 271 Å². The third kappa shape index (κ3) is 8.02. The second-order valence-electron chi connectivity index (χ2n) is 19.2. The van der Waals surface area contributed by atoms with E-state index in [1.54, 1.807) is 27.8 Å². The van der Waals surface area contributed by atoms with Crippen molar-refractivity contribution in [2.45, 2.75) is 51.4 Å². The van der Waals surface area contributed by atoms with Crippen LogP contribution in [0.3, 0.4) is 0 Å². The summed E-state index contributed by atoms with van der Waals surface area (Å²) >= 11 is 0. The molecular formula is C68H57NSi. The maximum absolute atomic E-state index is 2.70. The van der Waals surface area contributed by atoms with Crippen LogP contribution in [0, 0.1) is 0 Å². The van der Waals surface area contributed by atoms with Crippen molar-refractivity contribution in [3.8, 4) is 44.5 Å². The van der Waals surface area contributed by atoms with Crippen molar-refractivity contribution in [3.63, 3.8) is 0 Å². The van der Waals surface area contributed by atoms with Crippen LogP contribution in [-0.2, 0) is 25.7 Å². The van der Waals surface area contributed by atoms with Crippen LogP contribution < -0.4 is 25.6 Å². The van der Waals surface area contributed by atoms with E-state index in [9.17, 15) is 0 Å². The largest absolute Gasteiger partial charge is 0.311 e.